The molecule has 0 amide bonds. The number of hydrogen-bond acceptors (Lipinski definition) is 5. The summed E-state index contributed by atoms with van der Waals surface area (Å²) in [5.41, 5.74) is 0.575. The van der Waals surface area contributed by atoms with Gasteiger partial charge in [-0.1, -0.05) is 43.7 Å². The average Bonchev–Trinajstić information content (AvgIpc) is 2.89. The predicted octanol–water partition coefficient (Wildman–Crippen LogP) is 3.88. The summed E-state index contributed by atoms with van der Waals surface area (Å²) in [5.74, 6) is -0.0807. The normalized spacial score (nSPS) is 23.4. The Balaban J connectivity index is 1.94. The number of nitrogens with zero attached hydrogens (tertiary/aromatic N) is 1. The standard InChI is InChI=1S/C24H25NO4/c1-15-5-7-16(8-6-15)24(28)22(27)21-19(13-23(2,3)14-20(21)26)25(24)17-9-11-18(29-4)12-10-17/h5-12,28H,13-14H2,1-4H3. The van der Waals surface area contributed by atoms with Gasteiger partial charge in [-0.3, -0.25) is 9.59 Å². The van der Waals surface area contributed by atoms with Gasteiger partial charge in [0.2, 0.25) is 11.5 Å². The summed E-state index contributed by atoms with van der Waals surface area (Å²) in [7, 11) is 1.58. The minimum atomic E-state index is -1.96. The summed E-state index contributed by atoms with van der Waals surface area (Å²) in [6.07, 6.45) is 0.817. The second-order valence-electron chi connectivity index (χ2n) is 8.66. The molecule has 1 aliphatic carbocycles. The van der Waals surface area contributed by atoms with E-state index >= 15 is 0 Å². The van der Waals surface area contributed by atoms with Crippen molar-refractivity contribution in [1.29, 1.82) is 0 Å². The first kappa shape index (κ1) is 19.4. The summed E-state index contributed by atoms with van der Waals surface area (Å²) in [6.45, 7) is 5.96. The smallest absolute Gasteiger partial charge is 0.234 e. The highest BCUT2D eigenvalue weighted by molar-refractivity contribution is 6.27. The molecule has 1 unspecified atom stereocenters. The Morgan fingerprint density at radius 1 is 0.966 bits per heavy atom. The van der Waals surface area contributed by atoms with Gasteiger partial charge in [-0.05, 0) is 43.0 Å². The van der Waals surface area contributed by atoms with E-state index in [9.17, 15) is 14.7 Å². The number of carbonyl (C=O) groups excluding carboxylic acids is 2. The number of ketones is 2. The van der Waals surface area contributed by atoms with Crippen LogP contribution in [0.1, 0.15) is 37.8 Å². The fourth-order valence-electron chi connectivity index (χ4n) is 4.33. The van der Waals surface area contributed by atoms with Crippen LogP contribution in [-0.4, -0.2) is 23.8 Å². The molecule has 4 rings (SSSR count). The fourth-order valence-corrected chi connectivity index (χ4v) is 4.33. The van der Waals surface area contributed by atoms with E-state index in [-0.39, 0.29) is 23.2 Å². The predicted molar refractivity (Wildman–Crippen MR) is 111 cm³/mol. The average molecular weight is 391 g/mol. The van der Waals surface area contributed by atoms with Gasteiger partial charge in [0, 0.05) is 23.4 Å². The van der Waals surface area contributed by atoms with Crippen molar-refractivity contribution in [2.75, 3.05) is 12.0 Å². The molecule has 1 N–H and O–H groups in total. The second kappa shape index (κ2) is 6.56. The van der Waals surface area contributed by atoms with Crippen LogP contribution < -0.4 is 9.64 Å². The molecule has 2 aliphatic rings. The van der Waals surface area contributed by atoms with Crippen molar-refractivity contribution in [2.24, 2.45) is 5.41 Å². The first-order chi connectivity index (χ1) is 13.7. The van der Waals surface area contributed by atoms with E-state index in [2.05, 4.69) is 0 Å². The lowest BCUT2D eigenvalue weighted by Gasteiger charge is -2.38. The third kappa shape index (κ3) is 2.97. The van der Waals surface area contributed by atoms with E-state index in [1.54, 1.807) is 48.4 Å². The van der Waals surface area contributed by atoms with E-state index in [0.717, 1.165) is 5.56 Å². The number of benzene rings is 2. The number of ether oxygens (including phenoxy) is 1. The SMILES string of the molecule is COc1ccc(N2C3=C(C(=O)CC(C)(C)C3)C(=O)C2(O)c2ccc(C)cc2)cc1. The zero-order valence-corrected chi connectivity index (χ0v) is 17.2. The summed E-state index contributed by atoms with van der Waals surface area (Å²) >= 11 is 0. The number of anilines is 1. The number of Topliss-reactive ketones (excluding diaryl/α,β-unsaturated/α-hetero) is 2. The Bertz CT molecular complexity index is 1020. The lowest BCUT2D eigenvalue weighted by Crippen LogP contribution is -2.47. The number of aryl methyl sites for hydroxylation is 1. The first-order valence-electron chi connectivity index (χ1n) is 9.72. The molecule has 29 heavy (non-hydrogen) atoms. The largest absolute Gasteiger partial charge is 0.497 e. The number of aliphatic hydroxyl groups is 1. The van der Waals surface area contributed by atoms with Crippen LogP contribution in [0.15, 0.2) is 59.8 Å². The Morgan fingerprint density at radius 3 is 2.17 bits per heavy atom. The molecule has 0 saturated heterocycles. The molecular formula is C24H25NO4. The summed E-state index contributed by atoms with van der Waals surface area (Å²) in [4.78, 5) is 28.0. The van der Waals surface area contributed by atoms with Crippen molar-refractivity contribution in [3.63, 3.8) is 0 Å². The molecule has 0 fully saturated rings. The van der Waals surface area contributed by atoms with Crippen LogP contribution in [0.25, 0.3) is 0 Å². The van der Waals surface area contributed by atoms with Crippen molar-refractivity contribution in [3.8, 4) is 5.75 Å². The minimum absolute atomic E-state index is 0.128. The maximum absolute atomic E-state index is 13.5. The molecule has 2 aromatic rings. The summed E-state index contributed by atoms with van der Waals surface area (Å²) < 4.78 is 5.25. The zero-order chi connectivity index (χ0) is 21.0. The molecule has 1 atom stereocenters. The molecule has 1 heterocycles. The molecule has 150 valence electrons. The number of hydrogen-bond donors (Lipinski definition) is 1. The van der Waals surface area contributed by atoms with Crippen molar-refractivity contribution in [3.05, 3.63) is 70.9 Å². The molecule has 0 radical (unpaired) electrons. The Morgan fingerprint density at radius 2 is 1.59 bits per heavy atom. The number of allylic oxidation sites excluding steroid dienone is 1. The van der Waals surface area contributed by atoms with Gasteiger partial charge in [0.25, 0.3) is 0 Å². The third-order valence-corrected chi connectivity index (χ3v) is 5.77. The van der Waals surface area contributed by atoms with Gasteiger partial charge < -0.3 is 14.7 Å². The topological polar surface area (TPSA) is 66.8 Å². The summed E-state index contributed by atoms with van der Waals surface area (Å²) in [5, 5.41) is 11.8. The van der Waals surface area contributed by atoms with E-state index in [4.69, 9.17) is 4.74 Å². The highest BCUT2D eigenvalue weighted by atomic mass is 16.5. The van der Waals surface area contributed by atoms with Gasteiger partial charge in [-0.15, -0.1) is 0 Å². The molecule has 0 spiro atoms. The molecular weight excluding hydrogens is 366 g/mol. The molecule has 0 aromatic heterocycles. The first-order valence-corrected chi connectivity index (χ1v) is 9.72. The maximum Gasteiger partial charge on any atom is 0.234 e. The van der Waals surface area contributed by atoms with Gasteiger partial charge in [-0.25, -0.2) is 0 Å². The Labute approximate surface area is 170 Å². The Kier molecular flexibility index (Phi) is 4.39. The van der Waals surface area contributed by atoms with Gasteiger partial charge in [0.05, 0.1) is 12.7 Å². The van der Waals surface area contributed by atoms with E-state index in [1.165, 1.54) is 0 Å². The quantitative estimate of drug-likeness (QED) is 0.805. The van der Waals surface area contributed by atoms with Crippen molar-refractivity contribution in [2.45, 2.75) is 39.3 Å². The van der Waals surface area contributed by atoms with Gasteiger partial charge in [0.1, 0.15) is 5.75 Å². The van der Waals surface area contributed by atoms with Crippen molar-refractivity contribution >= 4 is 17.3 Å². The second-order valence-corrected chi connectivity index (χ2v) is 8.66. The molecule has 0 saturated carbocycles. The highest BCUT2D eigenvalue weighted by Crippen LogP contribution is 2.50. The van der Waals surface area contributed by atoms with Gasteiger partial charge >= 0.3 is 0 Å². The lowest BCUT2D eigenvalue weighted by atomic mass is 9.75. The Hall–Kier alpha value is -2.92. The lowest BCUT2D eigenvalue weighted by molar-refractivity contribution is -0.133. The van der Waals surface area contributed by atoms with Crippen LogP contribution in [0.3, 0.4) is 0 Å². The molecule has 2 aromatic carbocycles. The minimum Gasteiger partial charge on any atom is -0.497 e. The third-order valence-electron chi connectivity index (χ3n) is 5.77. The van der Waals surface area contributed by atoms with Gasteiger partial charge in [-0.2, -0.15) is 0 Å². The van der Waals surface area contributed by atoms with Crippen molar-refractivity contribution < 1.29 is 19.4 Å². The van der Waals surface area contributed by atoms with Crippen LogP contribution in [0.5, 0.6) is 5.75 Å². The molecule has 5 nitrogen and oxygen atoms in total. The van der Waals surface area contributed by atoms with E-state index < -0.39 is 11.5 Å². The number of rotatable bonds is 3. The molecule has 5 heteroatoms. The van der Waals surface area contributed by atoms with Crippen molar-refractivity contribution in [1.82, 2.24) is 0 Å². The monoisotopic (exact) mass is 391 g/mol. The van der Waals surface area contributed by atoms with Gasteiger partial charge in [0.15, 0.2) is 5.78 Å². The number of methoxy groups -OCH3 is 1. The van der Waals surface area contributed by atoms with Crippen LogP contribution in [0.4, 0.5) is 5.69 Å². The summed E-state index contributed by atoms with van der Waals surface area (Å²) in [6, 6.07) is 14.4. The number of carbonyl (C=O) groups is 2. The fraction of sp³-hybridized carbons (Fsp3) is 0.333. The maximum atomic E-state index is 13.5. The van der Waals surface area contributed by atoms with Crippen LogP contribution in [0, 0.1) is 12.3 Å². The highest BCUT2D eigenvalue weighted by Gasteiger charge is 2.57. The van der Waals surface area contributed by atoms with Crippen LogP contribution in [-0.2, 0) is 15.3 Å². The molecule has 1 aliphatic heterocycles. The van der Waals surface area contributed by atoms with Crippen LogP contribution >= 0.6 is 0 Å². The van der Waals surface area contributed by atoms with E-state index in [1.807, 2.05) is 32.9 Å². The van der Waals surface area contributed by atoms with E-state index in [0.29, 0.717) is 29.1 Å². The zero-order valence-electron chi connectivity index (χ0n) is 17.2. The van der Waals surface area contributed by atoms with Crippen LogP contribution in [0.2, 0.25) is 0 Å². The molecule has 0 bridgehead atoms.